The van der Waals surface area contributed by atoms with Crippen LogP contribution in [0.4, 0.5) is 9.59 Å². The van der Waals surface area contributed by atoms with Crippen LogP contribution in [0.25, 0.3) is 0 Å². The first-order chi connectivity index (χ1) is 23.0. The number of carbonyl (C=O) groups is 6. The molecule has 0 saturated heterocycles. The lowest BCUT2D eigenvalue weighted by atomic mass is 10.1. The van der Waals surface area contributed by atoms with Crippen molar-refractivity contribution in [3.8, 4) is 0 Å². The van der Waals surface area contributed by atoms with E-state index in [1.54, 1.807) is 78.9 Å². The number of thioether (sulfide) groups is 1. The van der Waals surface area contributed by atoms with Gasteiger partial charge in [-0.2, -0.15) is 0 Å². The maximum absolute atomic E-state index is 13.3. The minimum Gasteiger partial charge on any atom is -0.480 e. The Morgan fingerprint density at radius 3 is 1.42 bits per heavy atom. The molecule has 0 spiro atoms. The summed E-state index contributed by atoms with van der Waals surface area (Å²) in [4.78, 5) is 75.4. The summed E-state index contributed by atoms with van der Waals surface area (Å²) in [6, 6.07) is 21.9. The van der Waals surface area contributed by atoms with Gasteiger partial charge in [-0.25, -0.2) is 14.4 Å². The van der Waals surface area contributed by atoms with Crippen LogP contribution in [0, 0.1) is 0 Å². The SMILES string of the molecule is C[C@H](NC(=O)OCc1ccccc1)C(=O)N[C@@H](CSC(=O)[C@H](Cc1ccccc1)NC(=O)[C@H](C)NC(=O)OCc1ccccc1)C(=O)O. The fraction of sp³-hybridized carbons (Fsp3) is 0.294. The van der Waals surface area contributed by atoms with Crippen molar-refractivity contribution in [1.29, 1.82) is 0 Å². The normalized spacial score (nSPS) is 13.0. The molecule has 0 unspecified atom stereocenters. The van der Waals surface area contributed by atoms with Gasteiger partial charge in [0.05, 0.1) is 0 Å². The molecule has 254 valence electrons. The Labute approximate surface area is 282 Å². The third-order valence-corrected chi connectivity index (χ3v) is 7.84. The van der Waals surface area contributed by atoms with Gasteiger partial charge in [-0.15, -0.1) is 0 Å². The molecule has 48 heavy (non-hydrogen) atoms. The number of nitrogens with one attached hydrogen (secondary N) is 4. The molecule has 0 aliphatic rings. The number of hydrogen-bond donors (Lipinski definition) is 5. The summed E-state index contributed by atoms with van der Waals surface area (Å²) in [5.74, 6) is -3.24. The van der Waals surface area contributed by atoms with E-state index in [0.717, 1.165) is 16.7 Å². The van der Waals surface area contributed by atoms with Crippen LogP contribution in [-0.4, -0.2) is 70.1 Å². The van der Waals surface area contributed by atoms with Crippen molar-refractivity contribution in [1.82, 2.24) is 21.3 Å². The molecule has 4 atom stereocenters. The number of aliphatic carboxylic acids is 1. The predicted molar refractivity (Wildman–Crippen MR) is 178 cm³/mol. The Kier molecular flexibility index (Phi) is 14.9. The molecule has 3 rings (SSSR count). The fourth-order valence-corrected chi connectivity index (χ4v) is 4.99. The largest absolute Gasteiger partial charge is 0.480 e. The maximum Gasteiger partial charge on any atom is 0.408 e. The molecule has 0 fully saturated rings. The zero-order valence-electron chi connectivity index (χ0n) is 26.4. The second-order valence-electron chi connectivity index (χ2n) is 10.6. The molecule has 13 nitrogen and oxygen atoms in total. The Bertz CT molecular complexity index is 1530. The van der Waals surface area contributed by atoms with Gasteiger partial charge in [0.15, 0.2) is 0 Å². The summed E-state index contributed by atoms with van der Waals surface area (Å²) < 4.78 is 10.3. The zero-order chi connectivity index (χ0) is 34.9. The van der Waals surface area contributed by atoms with Gasteiger partial charge in [-0.1, -0.05) is 103 Å². The van der Waals surface area contributed by atoms with Crippen LogP contribution < -0.4 is 21.3 Å². The van der Waals surface area contributed by atoms with Crippen LogP contribution in [-0.2, 0) is 48.3 Å². The number of carboxylic acids is 1. The van der Waals surface area contributed by atoms with Crippen LogP contribution in [0.1, 0.15) is 30.5 Å². The van der Waals surface area contributed by atoms with E-state index in [1.165, 1.54) is 13.8 Å². The van der Waals surface area contributed by atoms with Gasteiger partial charge in [-0.3, -0.25) is 14.4 Å². The van der Waals surface area contributed by atoms with E-state index in [2.05, 4.69) is 21.3 Å². The topological polar surface area (TPSA) is 189 Å². The molecule has 4 amide bonds. The second kappa shape index (κ2) is 19.3. The zero-order valence-corrected chi connectivity index (χ0v) is 27.2. The van der Waals surface area contributed by atoms with E-state index in [0.29, 0.717) is 11.8 Å². The number of amides is 4. The molecule has 0 aliphatic heterocycles. The first-order valence-electron chi connectivity index (χ1n) is 15.0. The number of alkyl carbamates (subject to hydrolysis) is 2. The van der Waals surface area contributed by atoms with Gasteiger partial charge >= 0.3 is 18.2 Å². The lowest BCUT2D eigenvalue weighted by Gasteiger charge is -2.22. The lowest BCUT2D eigenvalue weighted by Crippen LogP contribution is -2.52. The van der Waals surface area contributed by atoms with Crippen LogP contribution in [0.3, 0.4) is 0 Å². The smallest absolute Gasteiger partial charge is 0.408 e. The molecule has 0 saturated carbocycles. The quantitative estimate of drug-likeness (QED) is 0.151. The predicted octanol–water partition coefficient (Wildman–Crippen LogP) is 3.17. The third kappa shape index (κ3) is 13.2. The van der Waals surface area contributed by atoms with E-state index in [9.17, 15) is 33.9 Å². The third-order valence-electron chi connectivity index (χ3n) is 6.77. The number of hydrogen-bond acceptors (Lipinski definition) is 9. The molecule has 3 aromatic rings. The summed E-state index contributed by atoms with van der Waals surface area (Å²) in [7, 11) is 0. The molecule has 3 aromatic carbocycles. The van der Waals surface area contributed by atoms with Crippen LogP contribution in [0.15, 0.2) is 91.0 Å². The Balaban J connectivity index is 1.54. The molecule has 0 bridgehead atoms. The second-order valence-corrected chi connectivity index (χ2v) is 11.7. The van der Waals surface area contributed by atoms with Crippen molar-refractivity contribution in [2.45, 2.75) is 57.6 Å². The van der Waals surface area contributed by atoms with Crippen LogP contribution in [0.2, 0.25) is 0 Å². The Morgan fingerprint density at radius 2 is 1.00 bits per heavy atom. The van der Waals surface area contributed by atoms with E-state index in [1.807, 2.05) is 12.1 Å². The summed E-state index contributed by atoms with van der Waals surface area (Å²) in [6.45, 7) is 2.76. The maximum atomic E-state index is 13.3. The van der Waals surface area contributed by atoms with E-state index in [-0.39, 0.29) is 25.4 Å². The van der Waals surface area contributed by atoms with Crippen molar-refractivity contribution < 1.29 is 43.3 Å². The highest BCUT2D eigenvalue weighted by atomic mass is 32.2. The van der Waals surface area contributed by atoms with Gasteiger partial charge in [0.25, 0.3) is 0 Å². The van der Waals surface area contributed by atoms with Gasteiger partial charge in [0.2, 0.25) is 16.9 Å². The average Bonchev–Trinajstić information content (AvgIpc) is 3.08. The number of carbonyl (C=O) groups excluding carboxylic acids is 5. The van der Waals surface area contributed by atoms with Crippen molar-refractivity contribution in [3.63, 3.8) is 0 Å². The summed E-state index contributed by atoms with van der Waals surface area (Å²) in [5, 5.41) is 18.9. The minimum atomic E-state index is -1.50. The van der Waals surface area contributed by atoms with E-state index < -0.39 is 59.3 Å². The molecular weight excluding hydrogens is 640 g/mol. The number of carboxylic acid groups (broad SMARTS) is 1. The number of benzene rings is 3. The highest BCUT2D eigenvalue weighted by Gasteiger charge is 2.29. The molecular formula is C34H38N4O9S. The standard InChI is InChI=1S/C34H38N4O9S/c1-22(35-33(44)46-19-25-14-8-4-9-15-25)29(39)37-27(18-24-12-6-3-7-13-24)32(43)48-21-28(31(41)42)38-30(40)23(2)36-34(45)47-20-26-16-10-5-11-17-26/h3-17,22-23,27-28H,18-21H2,1-2H3,(H,35,44)(H,36,45)(H,37,39)(H,38,40)(H,41,42)/t22-,23-,27-,28-/m0/s1. The molecule has 5 N–H and O–H groups in total. The lowest BCUT2D eigenvalue weighted by molar-refractivity contribution is -0.141. The molecule has 14 heteroatoms. The summed E-state index contributed by atoms with van der Waals surface area (Å²) >= 11 is 0.614. The van der Waals surface area contributed by atoms with Crippen LogP contribution in [0.5, 0.6) is 0 Å². The monoisotopic (exact) mass is 678 g/mol. The fourth-order valence-electron chi connectivity index (χ4n) is 4.09. The minimum absolute atomic E-state index is 0.00123. The Hall–Kier alpha value is -5.37. The highest BCUT2D eigenvalue weighted by molar-refractivity contribution is 8.13. The Morgan fingerprint density at radius 1 is 0.604 bits per heavy atom. The summed E-state index contributed by atoms with van der Waals surface area (Å²) in [5.41, 5.74) is 2.23. The van der Waals surface area contributed by atoms with E-state index in [4.69, 9.17) is 9.47 Å². The van der Waals surface area contributed by atoms with E-state index >= 15 is 0 Å². The summed E-state index contributed by atoms with van der Waals surface area (Å²) in [6.07, 6.45) is -1.61. The van der Waals surface area contributed by atoms with Crippen molar-refractivity contribution >= 4 is 46.8 Å². The highest BCUT2D eigenvalue weighted by Crippen LogP contribution is 2.14. The van der Waals surface area contributed by atoms with Crippen molar-refractivity contribution in [2.75, 3.05) is 5.75 Å². The van der Waals surface area contributed by atoms with Gasteiger partial charge in [0.1, 0.15) is 37.4 Å². The van der Waals surface area contributed by atoms with Gasteiger partial charge in [0, 0.05) is 12.2 Å². The van der Waals surface area contributed by atoms with Crippen LogP contribution >= 0.6 is 11.8 Å². The average molecular weight is 679 g/mol. The first kappa shape index (κ1) is 37.1. The van der Waals surface area contributed by atoms with Crippen molar-refractivity contribution in [3.05, 3.63) is 108 Å². The van der Waals surface area contributed by atoms with Gasteiger partial charge < -0.3 is 35.8 Å². The van der Waals surface area contributed by atoms with Gasteiger partial charge in [-0.05, 0) is 30.5 Å². The number of ether oxygens (including phenoxy) is 2. The molecule has 0 radical (unpaired) electrons. The van der Waals surface area contributed by atoms with Crippen molar-refractivity contribution in [2.24, 2.45) is 0 Å². The number of rotatable bonds is 16. The first-order valence-corrected chi connectivity index (χ1v) is 16.0. The molecule has 0 aromatic heterocycles. The molecule has 0 aliphatic carbocycles. The molecule has 0 heterocycles.